The van der Waals surface area contributed by atoms with Gasteiger partial charge in [0.05, 0.1) is 27.9 Å². The number of benzene rings is 2. The zero-order chi connectivity index (χ0) is 23.8. The van der Waals surface area contributed by atoms with Crippen LogP contribution in [0, 0.1) is 24.0 Å². The van der Waals surface area contributed by atoms with Crippen molar-refractivity contribution in [1.82, 2.24) is 29.5 Å². The summed E-state index contributed by atoms with van der Waals surface area (Å²) in [5, 5.41) is 23.7. The summed E-state index contributed by atoms with van der Waals surface area (Å²) >= 11 is 0. The van der Waals surface area contributed by atoms with Crippen LogP contribution in [0.1, 0.15) is 21.6 Å². The molecule has 1 amide bonds. The van der Waals surface area contributed by atoms with Gasteiger partial charge in [-0.25, -0.2) is 14.6 Å². The van der Waals surface area contributed by atoms with E-state index in [2.05, 4.69) is 25.5 Å². The van der Waals surface area contributed by atoms with Crippen molar-refractivity contribution >= 4 is 28.4 Å². The van der Waals surface area contributed by atoms with E-state index in [1.165, 1.54) is 29.2 Å². The Labute approximate surface area is 192 Å². The lowest BCUT2D eigenvalue weighted by Gasteiger charge is -2.10. The molecule has 0 aliphatic rings. The van der Waals surface area contributed by atoms with E-state index in [1.54, 1.807) is 30.8 Å². The Morgan fingerprint density at radius 2 is 1.82 bits per heavy atom. The Morgan fingerprint density at radius 3 is 2.59 bits per heavy atom. The normalized spacial score (nSPS) is 11.0. The van der Waals surface area contributed by atoms with Crippen LogP contribution in [0.2, 0.25) is 0 Å². The summed E-state index contributed by atoms with van der Waals surface area (Å²) in [6.07, 6.45) is 3.05. The first-order valence-corrected chi connectivity index (χ1v) is 10.3. The topological polar surface area (TPSA) is 134 Å². The van der Waals surface area contributed by atoms with Crippen molar-refractivity contribution in [3.05, 3.63) is 94.1 Å². The van der Waals surface area contributed by atoms with E-state index in [9.17, 15) is 14.9 Å². The number of para-hydroxylation sites is 1. The average molecular weight is 454 g/mol. The van der Waals surface area contributed by atoms with E-state index < -0.39 is 10.8 Å². The highest BCUT2D eigenvalue weighted by atomic mass is 16.6. The third-order valence-corrected chi connectivity index (χ3v) is 5.37. The standard InChI is InChI=1S/C23H18N8O3/c1-14-11-20(27-23(32)17-9-6-10-19(15(17)2)31(33)34)30(28-14)22-18-12-26-29(21(18)24-13-25-22)16-7-4-3-5-8-16/h3-13H,1-2H3,(H,27,32). The molecule has 1 N–H and O–H groups in total. The number of fused-ring (bicyclic) bond motifs is 1. The van der Waals surface area contributed by atoms with Crippen LogP contribution in [-0.4, -0.2) is 40.4 Å². The molecule has 0 atom stereocenters. The number of anilines is 1. The highest BCUT2D eigenvalue weighted by Crippen LogP contribution is 2.26. The van der Waals surface area contributed by atoms with Crippen molar-refractivity contribution in [2.45, 2.75) is 13.8 Å². The monoisotopic (exact) mass is 454 g/mol. The summed E-state index contributed by atoms with van der Waals surface area (Å²) in [5.74, 6) is 0.305. The number of nitrogens with one attached hydrogen (secondary N) is 1. The first-order valence-electron chi connectivity index (χ1n) is 10.3. The molecular weight excluding hydrogens is 436 g/mol. The lowest BCUT2D eigenvalue weighted by Crippen LogP contribution is -2.17. The maximum absolute atomic E-state index is 13.0. The van der Waals surface area contributed by atoms with Crippen molar-refractivity contribution in [2.24, 2.45) is 0 Å². The smallest absolute Gasteiger partial charge is 0.273 e. The minimum atomic E-state index is -0.511. The molecule has 0 saturated carbocycles. The molecule has 0 unspecified atom stereocenters. The first kappa shape index (κ1) is 20.9. The molecule has 0 saturated heterocycles. The van der Waals surface area contributed by atoms with Gasteiger partial charge in [0, 0.05) is 23.3 Å². The quantitative estimate of drug-likeness (QED) is 0.315. The molecule has 168 valence electrons. The van der Waals surface area contributed by atoms with E-state index >= 15 is 0 Å². The predicted molar refractivity (Wildman–Crippen MR) is 124 cm³/mol. The number of amides is 1. The largest absolute Gasteiger partial charge is 0.306 e. The zero-order valence-corrected chi connectivity index (χ0v) is 18.2. The number of nitro groups is 1. The average Bonchev–Trinajstić information content (AvgIpc) is 3.42. The number of carbonyl (C=O) groups excluding carboxylic acids is 1. The molecule has 11 nitrogen and oxygen atoms in total. The molecule has 0 spiro atoms. The van der Waals surface area contributed by atoms with Crippen LogP contribution in [0.5, 0.6) is 0 Å². The predicted octanol–water partition coefficient (Wildman–Crippen LogP) is 3.78. The van der Waals surface area contributed by atoms with Crippen molar-refractivity contribution in [1.29, 1.82) is 0 Å². The number of hydrogen-bond acceptors (Lipinski definition) is 7. The van der Waals surface area contributed by atoms with Gasteiger partial charge in [-0.2, -0.15) is 14.9 Å². The molecule has 0 aliphatic carbocycles. The molecule has 11 heteroatoms. The van der Waals surface area contributed by atoms with Gasteiger partial charge >= 0.3 is 0 Å². The number of aromatic nitrogens is 6. The molecule has 0 aliphatic heterocycles. The maximum atomic E-state index is 13.0. The highest BCUT2D eigenvalue weighted by molar-refractivity contribution is 6.05. The number of hydrogen-bond donors (Lipinski definition) is 1. The SMILES string of the molecule is Cc1cc(NC(=O)c2cccc([N+](=O)[O-])c2C)n(-c2ncnc3c2cnn3-c2ccccc2)n1. The van der Waals surface area contributed by atoms with Gasteiger partial charge in [0.1, 0.15) is 12.1 Å². The van der Waals surface area contributed by atoms with Gasteiger partial charge < -0.3 is 5.32 Å². The van der Waals surface area contributed by atoms with Crippen LogP contribution >= 0.6 is 0 Å². The second-order valence-corrected chi connectivity index (χ2v) is 7.57. The Hall–Kier alpha value is -4.93. The van der Waals surface area contributed by atoms with Gasteiger partial charge in [-0.05, 0) is 32.0 Å². The van der Waals surface area contributed by atoms with Gasteiger partial charge in [-0.3, -0.25) is 14.9 Å². The summed E-state index contributed by atoms with van der Waals surface area (Å²) in [7, 11) is 0. The molecule has 0 radical (unpaired) electrons. The van der Waals surface area contributed by atoms with E-state index in [0.717, 1.165) is 5.69 Å². The fourth-order valence-corrected chi connectivity index (χ4v) is 3.76. The molecule has 3 aromatic heterocycles. The van der Waals surface area contributed by atoms with Crippen LogP contribution in [0.15, 0.2) is 67.1 Å². The van der Waals surface area contributed by atoms with Crippen LogP contribution in [0.25, 0.3) is 22.5 Å². The van der Waals surface area contributed by atoms with Crippen LogP contribution in [0.4, 0.5) is 11.5 Å². The highest BCUT2D eigenvalue weighted by Gasteiger charge is 2.21. The summed E-state index contributed by atoms with van der Waals surface area (Å²) in [5.41, 5.74) is 2.42. The van der Waals surface area contributed by atoms with Gasteiger partial charge in [-0.15, -0.1) is 0 Å². The van der Waals surface area contributed by atoms with Crippen LogP contribution in [-0.2, 0) is 0 Å². The zero-order valence-electron chi connectivity index (χ0n) is 18.2. The molecule has 0 bridgehead atoms. The molecule has 3 heterocycles. The van der Waals surface area contributed by atoms with Crippen molar-refractivity contribution in [2.75, 3.05) is 5.32 Å². The van der Waals surface area contributed by atoms with Gasteiger partial charge in [-0.1, -0.05) is 24.3 Å². The number of nitro benzene ring substituents is 1. The van der Waals surface area contributed by atoms with Gasteiger partial charge in [0.15, 0.2) is 11.5 Å². The third-order valence-electron chi connectivity index (χ3n) is 5.37. The Kier molecular flexibility index (Phi) is 5.05. The van der Waals surface area contributed by atoms with Gasteiger partial charge in [0.25, 0.3) is 11.6 Å². The fourth-order valence-electron chi connectivity index (χ4n) is 3.76. The Morgan fingerprint density at radius 1 is 1.03 bits per heavy atom. The molecule has 0 fully saturated rings. The second kappa shape index (κ2) is 8.20. The maximum Gasteiger partial charge on any atom is 0.273 e. The molecule has 5 aromatic rings. The molecule has 34 heavy (non-hydrogen) atoms. The Bertz CT molecular complexity index is 1560. The Balaban J connectivity index is 1.56. The first-order chi connectivity index (χ1) is 16.4. The lowest BCUT2D eigenvalue weighted by atomic mass is 10.1. The minimum Gasteiger partial charge on any atom is -0.306 e. The molecular formula is C23H18N8O3. The lowest BCUT2D eigenvalue weighted by molar-refractivity contribution is -0.385. The fraction of sp³-hybridized carbons (Fsp3) is 0.0870. The number of rotatable bonds is 5. The number of nitrogens with zero attached hydrogens (tertiary/aromatic N) is 7. The van der Waals surface area contributed by atoms with E-state index in [1.807, 2.05) is 30.3 Å². The second-order valence-electron chi connectivity index (χ2n) is 7.57. The van der Waals surface area contributed by atoms with E-state index in [0.29, 0.717) is 28.4 Å². The van der Waals surface area contributed by atoms with Crippen molar-refractivity contribution in [3.8, 4) is 11.5 Å². The minimum absolute atomic E-state index is 0.122. The summed E-state index contributed by atoms with van der Waals surface area (Å²) in [6.45, 7) is 3.33. The van der Waals surface area contributed by atoms with E-state index in [4.69, 9.17) is 0 Å². The number of aryl methyl sites for hydroxylation is 1. The van der Waals surface area contributed by atoms with Gasteiger partial charge in [0.2, 0.25) is 0 Å². The van der Waals surface area contributed by atoms with Crippen LogP contribution < -0.4 is 5.32 Å². The molecule has 5 rings (SSSR count). The van der Waals surface area contributed by atoms with Crippen molar-refractivity contribution < 1.29 is 9.72 Å². The van der Waals surface area contributed by atoms with E-state index in [-0.39, 0.29) is 16.8 Å². The summed E-state index contributed by atoms with van der Waals surface area (Å²) in [6, 6.07) is 15.6. The third kappa shape index (κ3) is 3.54. The number of carbonyl (C=O) groups is 1. The van der Waals surface area contributed by atoms with Crippen LogP contribution in [0.3, 0.4) is 0 Å². The molecule has 2 aromatic carbocycles. The summed E-state index contributed by atoms with van der Waals surface area (Å²) < 4.78 is 3.20. The summed E-state index contributed by atoms with van der Waals surface area (Å²) in [4.78, 5) is 32.6. The van der Waals surface area contributed by atoms with Crippen molar-refractivity contribution in [3.63, 3.8) is 0 Å².